The highest BCUT2D eigenvalue weighted by molar-refractivity contribution is 5.72. The van der Waals surface area contributed by atoms with E-state index in [0.717, 1.165) is 51.0 Å². The van der Waals surface area contributed by atoms with Gasteiger partial charge in [0.1, 0.15) is 0 Å². The third kappa shape index (κ3) is 31.4. The molecule has 1 aromatic rings. The van der Waals surface area contributed by atoms with Crippen LogP contribution in [0.3, 0.4) is 0 Å². The molecule has 1 aliphatic carbocycles. The minimum Gasteiger partial charge on any atom is -0.466 e. The van der Waals surface area contributed by atoms with Gasteiger partial charge in [0.15, 0.2) is 0 Å². The van der Waals surface area contributed by atoms with Crippen LogP contribution in [0.4, 0.5) is 0 Å². The van der Waals surface area contributed by atoms with Crippen molar-refractivity contribution in [1.82, 2.24) is 34.1 Å². The molecule has 62 heavy (non-hydrogen) atoms. The molecule has 1 unspecified atom stereocenters. The Morgan fingerprint density at radius 3 is 1.39 bits per heavy atom. The summed E-state index contributed by atoms with van der Waals surface area (Å²) in [6, 6.07) is 0.768. The predicted octanol–water partition coefficient (Wildman–Crippen LogP) is 13.2. The number of ether oxygens (including phenoxy) is 1. The lowest BCUT2D eigenvalue weighted by Gasteiger charge is -2.40. The van der Waals surface area contributed by atoms with Crippen molar-refractivity contribution in [2.45, 2.75) is 227 Å². The van der Waals surface area contributed by atoms with Gasteiger partial charge >= 0.3 is 5.97 Å². The smallest absolute Gasteiger partial charge is 0.309 e. The second-order valence-electron chi connectivity index (χ2n) is 22.4. The van der Waals surface area contributed by atoms with Crippen LogP contribution in [-0.2, 0) is 15.1 Å². The molecule has 2 saturated heterocycles. The number of carbonyl (C=O) groups is 1. The van der Waals surface area contributed by atoms with Gasteiger partial charge in [-0.2, -0.15) is 0 Å². The number of nitrogens with zero attached hydrogens (tertiary/aromatic N) is 7. The Morgan fingerprint density at radius 2 is 1.11 bits per heavy atom. The third-order valence-corrected chi connectivity index (χ3v) is 12.0. The van der Waals surface area contributed by atoms with Crippen molar-refractivity contribution in [2.75, 3.05) is 81.1 Å². The van der Waals surface area contributed by atoms with Crippen LogP contribution >= 0.6 is 0 Å². The van der Waals surface area contributed by atoms with Crippen LogP contribution in [0.25, 0.3) is 0 Å². The molecular formula is C53H119N7O2. The molecule has 0 radical (unpaired) electrons. The van der Waals surface area contributed by atoms with E-state index >= 15 is 0 Å². The number of imidazole rings is 1. The first-order valence-corrected chi connectivity index (χ1v) is 22.6. The maximum atomic E-state index is 11.5. The standard InChI is InChI=1S/C12H23NO2.C10H22N2.C10H20.C9H22N2.C7H12N2.5CH4/c1-5-15-11(14)10-6-8-13(9-7-10)12(2,3)4;1-10(2,3)12-7-6-9(8-12)11(4)5;1-10(2,3)9-7-5-4-6-8-9;1-9(2,3)11(6)8-7-10(4)5;1-7(2,3)9-5-4-8-6-9;;;;;/h10H,5-9H2,1-4H3;9H,6-8H2,1-5H3;9H,4-8H2,1-3H3;7-8H2,1-6H3;4-6H,1-3H3;5*1H4. The molecule has 378 valence electrons. The van der Waals surface area contributed by atoms with Crippen LogP contribution in [-0.4, -0.2) is 144 Å². The monoisotopic (exact) mass is 886 g/mol. The lowest BCUT2D eigenvalue weighted by molar-refractivity contribution is -0.150. The van der Waals surface area contributed by atoms with E-state index in [1.165, 1.54) is 51.6 Å². The van der Waals surface area contributed by atoms with E-state index in [-0.39, 0.29) is 60.1 Å². The Morgan fingerprint density at radius 1 is 0.645 bits per heavy atom. The summed E-state index contributed by atoms with van der Waals surface area (Å²) in [5.41, 5.74) is 1.62. The van der Waals surface area contributed by atoms with E-state index in [9.17, 15) is 4.79 Å². The highest BCUT2D eigenvalue weighted by Crippen LogP contribution is 2.37. The SMILES string of the molecule is C.C.C.C.C.CC(C)(C)C1CCCCC1.CC(C)(C)n1ccnc1.CCOC(=O)C1CCN(C(C)(C)C)CC1.CN(C)C1CCN(C(C)(C)C)C1.CN(C)CCN(C)C(C)(C)C. The average Bonchev–Trinajstić information content (AvgIpc) is 3.82. The predicted molar refractivity (Wildman–Crippen MR) is 282 cm³/mol. The number of likely N-dealkylation sites (N-methyl/N-ethyl adjacent to an activating group) is 3. The number of hydrogen-bond acceptors (Lipinski definition) is 8. The maximum absolute atomic E-state index is 11.5. The van der Waals surface area contributed by atoms with E-state index < -0.39 is 0 Å². The Kier molecular flexibility index (Phi) is 38.4. The first kappa shape index (κ1) is 72.1. The summed E-state index contributed by atoms with van der Waals surface area (Å²) in [5, 5.41) is 0. The van der Waals surface area contributed by atoms with E-state index in [1.807, 2.05) is 19.4 Å². The van der Waals surface area contributed by atoms with Gasteiger partial charge in [-0.1, -0.05) is 77.2 Å². The Bertz CT molecular complexity index is 1150. The molecule has 9 heteroatoms. The molecule has 9 nitrogen and oxygen atoms in total. The fourth-order valence-corrected chi connectivity index (χ4v) is 7.13. The first-order valence-electron chi connectivity index (χ1n) is 22.6. The van der Waals surface area contributed by atoms with Crippen LogP contribution in [0.15, 0.2) is 18.7 Å². The largest absolute Gasteiger partial charge is 0.466 e. The second-order valence-corrected chi connectivity index (χ2v) is 22.4. The van der Waals surface area contributed by atoms with Gasteiger partial charge in [0.25, 0.3) is 0 Å². The molecule has 1 saturated carbocycles. The van der Waals surface area contributed by atoms with Crippen LogP contribution in [0, 0.1) is 17.3 Å². The van der Waals surface area contributed by atoms with Gasteiger partial charge in [0.05, 0.1) is 18.9 Å². The number of aromatic nitrogens is 2. The number of rotatable bonds is 6. The molecule has 0 amide bonds. The fourth-order valence-electron chi connectivity index (χ4n) is 7.13. The quantitative estimate of drug-likeness (QED) is 0.262. The van der Waals surface area contributed by atoms with Gasteiger partial charge < -0.3 is 24.0 Å². The number of carbonyl (C=O) groups excluding carboxylic acids is 1. The Balaban J connectivity index is -0.000000156. The Labute approximate surface area is 392 Å². The summed E-state index contributed by atoms with van der Waals surface area (Å²) in [5.74, 6) is 1.12. The van der Waals surface area contributed by atoms with Gasteiger partial charge in [-0.05, 0) is 182 Å². The Hall–Kier alpha value is -1.52. The van der Waals surface area contributed by atoms with Crippen molar-refractivity contribution in [3.8, 4) is 0 Å². The summed E-state index contributed by atoms with van der Waals surface area (Å²) in [7, 11) is 10.7. The highest BCUT2D eigenvalue weighted by Gasteiger charge is 2.32. The molecule has 0 spiro atoms. The zero-order valence-corrected chi connectivity index (χ0v) is 42.0. The summed E-state index contributed by atoms with van der Waals surface area (Å²) < 4.78 is 7.12. The van der Waals surface area contributed by atoms with Crippen LogP contribution in [0.5, 0.6) is 0 Å². The van der Waals surface area contributed by atoms with Crippen molar-refractivity contribution >= 4 is 5.97 Å². The molecule has 0 bridgehead atoms. The molecule has 3 aliphatic rings. The zero-order chi connectivity index (χ0) is 44.4. The van der Waals surface area contributed by atoms with Gasteiger partial charge in [0.2, 0.25) is 0 Å². The normalized spacial score (nSPS) is 17.9. The van der Waals surface area contributed by atoms with E-state index in [1.54, 1.807) is 6.20 Å². The second kappa shape index (κ2) is 33.0. The van der Waals surface area contributed by atoms with Gasteiger partial charge in [-0.15, -0.1) is 0 Å². The summed E-state index contributed by atoms with van der Waals surface area (Å²) in [6.45, 7) is 43.0. The molecule has 1 aromatic heterocycles. The van der Waals surface area contributed by atoms with Crippen LogP contribution in [0.1, 0.15) is 199 Å². The first-order chi connectivity index (χ1) is 25.9. The number of piperidine rings is 1. The summed E-state index contributed by atoms with van der Waals surface area (Å²) in [6.07, 6.45) is 16.2. The van der Waals surface area contributed by atoms with Crippen LogP contribution < -0.4 is 0 Å². The van der Waals surface area contributed by atoms with Gasteiger partial charge in [0, 0.05) is 66.8 Å². The fraction of sp³-hybridized carbons (Fsp3) is 0.925. The van der Waals surface area contributed by atoms with Crippen molar-refractivity contribution in [2.24, 2.45) is 17.3 Å². The van der Waals surface area contributed by atoms with Gasteiger partial charge in [-0.25, -0.2) is 4.98 Å². The van der Waals surface area contributed by atoms with E-state index in [0.29, 0.717) is 23.1 Å². The van der Waals surface area contributed by atoms with Crippen molar-refractivity contribution in [1.29, 1.82) is 0 Å². The molecule has 0 aromatic carbocycles. The molecule has 3 heterocycles. The van der Waals surface area contributed by atoms with Gasteiger partial charge in [-0.3, -0.25) is 14.6 Å². The minimum absolute atomic E-state index is 0. The van der Waals surface area contributed by atoms with Crippen molar-refractivity contribution in [3.63, 3.8) is 0 Å². The molecule has 2 aliphatic heterocycles. The third-order valence-electron chi connectivity index (χ3n) is 12.0. The number of hydrogen-bond donors (Lipinski definition) is 0. The summed E-state index contributed by atoms with van der Waals surface area (Å²) in [4.78, 5) is 27.4. The topological polar surface area (TPSA) is 60.3 Å². The van der Waals surface area contributed by atoms with Crippen molar-refractivity contribution in [3.05, 3.63) is 18.7 Å². The molecule has 0 N–H and O–H groups in total. The van der Waals surface area contributed by atoms with E-state index in [2.05, 4.69) is 173 Å². The number of esters is 1. The van der Waals surface area contributed by atoms with E-state index in [4.69, 9.17) is 4.74 Å². The van der Waals surface area contributed by atoms with Crippen LogP contribution in [0.2, 0.25) is 0 Å². The number of likely N-dealkylation sites (tertiary alicyclic amines) is 2. The minimum atomic E-state index is -0.00828. The highest BCUT2D eigenvalue weighted by atomic mass is 16.5. The summed E-state index contributed by atoms with van der Waals surface area (Å²) >= 11 is 0. The molecule has 1 atom stereocenters. The maximum Gasteiger partial charge on any atom is 0.309 e. The molecular weight excluding hydrogens is 767 g/mol. The average molecular weight is 887 g/mol. The molecule has 3 fully saturated rings. The lowest BCUT2D eigenvalue weighted by atomic mass is 9.72. The van der Waals surface area contributed by atoms with Crippen molar-refractivity contribution < 1.29 is 9.53 Å². The molecule has 4 rings (SSSR count). The zero-order valence-electron chi connectivity index (χ0n) is 42.0. The lowest BCUT2D eigenvalue weighted by Crippen LogP contribution is -2.47.